The number of aryl methyl sites for hydroxylation is 1. The van der Waals surface area contributed by atoms with Gasteiger partial charge in [-0.15, -0.1) is 0 Å². The van der Waals surface area contributed by atoms with Crippen LogP contribution in [-0.2, 0) is 16.0 Å². The lowest BCUT2D eigenvalue weighted by atomic mass is 9.99. The van der Waals surface area contributed by atoms with Crippen LogP contribution >= 0.6 is 0 Å². The van der Waals surface area contributed by atoms with E-state index in [1.807, 2.05) is 31.2 Å². The van der Waals surface area contributed by atoms with Crippen LogP contribution in [-0.4, -0.2) is 25.1 Å². The minimum atomic E-state index is -0.261. The van der Waals surface area contributed by atoms with Gasteiger partial charge in [0.2, 0.25) is 0 Å². The number of hydrogen-bond acceptors (Lipinski definition) is 5. The smallest absolute Gasteiger partial charge is 0.305 e. The maximum atomic E-state index is 13.1. The highest BCUT2D eigenvalue weighted by Gasteiger charge is 2.16. The zero-order chi connectivity index (χ0) is 28.9. The van der Waals surface area contributed by atoms with E-state index in [1.54, 1.807) is 25.1 Å². The molecule has 6 nitrogen and oxygen atoms in total. The summed E-state index contributed by atoms with van der Waals surface area (Å²) in [6, 6.07) is 21.6. The molecule has 214 valence electrons. The predicted molar refractivity (Wildman–Crippen MR) is 160 cm³/mol. The van der Waals surface area contributed by atoms with Crippen LogP contribution in [0.5, 0.6) is 11.5 Å². The maximum Gasteiger partial charge on any atom is 0.305 e. The van der Waals surface area contributed by atoms with Gasteiger partial charge < -0.3 is 19.5 Å². The predicted octanol–water partition coefficient (Wildman–Crippen LogP) is 8.09. The largest absolute Gasteiger partial charge is 0.493 e. The Morgan fingerprint density at radius 2 is 1.70 bits per heavy atom. The Labute approximate surface area is 239 Å². The molecule has 0 saturated heterocycles. The van der Waals surface area contributed by atoms with Gasteiger partial charge in [-0.3, -0.25) is 9.59 Å². The van der Waals surface area contributed by atoms with Crippen molar-refractivity contribution < 1.29 is 23.8 Å². The zero-order valence-electron chi connectivity index (χ0n) is 24.5. The molecule has 0 aliphatic rings. The van der Waals surface area contributed by atoms with Crippen molar-refractivity contribution in [3.05, 3.63) is 89.0 Å². The van der Waals surface area contributed by atoms with Gasteiger partial charge in [0, 0.05) is 12.1 Å². The lowest BCUT2D eigenvalue weighted by Gasteiger charge is -2.21. The molecule has 1 N–H and O–H groups in total. The standard InChI is InChI=1S/C34H43NO5/c1-6-11-31(27-17-15-26(16-18-27)22-24(3)4)40-28-19-20-30(25(5)23-28)35-34(37)29-12-8-9-13-32(29)39-21-10-14-33(36)38-7-2/h8-9,12-13,15-20,23-24,31H,6-7,10-11,14,21-22H2,1-5H3,(H,35,37). The summed E-state index contributed by atoms with van der Waals surface area (Å²) in [7, 11) is 0. The average molecular weight is 546 g/mol. The van der Waals surface area contributed by atoms with Crippen molar-refractivity contribution in [3.63, 3.8) is 0 Å². The third-order valence-electron chi connectivity index (χ3n) is 6.49. The summed E-state index contributed by atoms with van der Waals surface area (Å²) in [6.07, 6.45) is 3.74. The van der Waals surface area contributed by atoms with Gasteiger partial charge in [-0.2, -0.15) is 0 Å². The maximum absolute atomic E-state index is 13.1. The molecule has 6 heteroatoms. The fourth-order valence-corrected chi connectivity index (χ4v) is 4.51. The summed E-state index contributed by atoms with van der Waals surface area (Å²) < 4.78 is 17.2. The van der Waals surface area contributed by atoms with E-state index >= 15 is 0 Å². The monoisotopic (exact) mass is 545 g/mol. The zero-order valence-corrected chi connectivity index (χ0v) is 24.5. The van der Waals surface area contributed by atoms with Crippen molar-refractivity contribution in [1.82, 2.24) is 0 Å². The van der Waals surface area contributed by atoms with Crippen molar-refractivity contribution in [2.75, 3.05) is 18.5 Å². The Morgan fingerprint density at radius 3 is 2.38 bits per heavy atom. The van der Waals surface area contributed by atoms with Gasteiger partial charge in [-0.1, -0.05) is 63.6 Å². The molecular formula is C34H43NO5. The van der Waals surface area contributed by atoms with Crippen LogP contribution in [0.2, 0.25) is 0 Å². The first-order valence-electron chi connectivity index (χ1n) is 14.4. The summed E-state index contributed by atoms with van der Waals surface area (Å²) in [4.78, 5) is 24.7. The molecule has 0 aliphatic heterocycles. The summed E-state index contributed by atoms with van der Waals surface area (Å²) in [5.74, 6) is 1.36. The van der Waals surface area contributed by atoms with Crippen LogP contribution in [0.4, 0.5) is 5.69 Å². The Bertz CT molecular complexity index is 1240. The van der Waals surface area contributed by atoms with Crippen LogP contribution in [0, 0.1) is 12.8 Å². The second kappa shape index (κ2) is 15.7. The van der Waals surface area contributed by atoms with Crippen LogP contribution in [0.25, 0.3) is 0 Å². The summed E-state index contributed by atoms with van der Waals surface area (Å²) in [6.45, 7) is 11.0. The number of benzene rings is 3. The van der Waals surface area contributed by atoms with E-state index < -0.39 is 0 Å². The topological polar surface area (TPSA) is 73.9 Å². The molecule has 0 aromatic heterocycles. The van der Waals surface area contributed by atoms with Gasteiger partial charge in [0.1, 0.15) is 17.6 Å². The highest BCUT2D eigenvalue weighted by atomic mass is 16.5. The molecule has 1 unspecified atom stereocenters. The number of anilines is 1. The number of nitrogens with one attached hydrogen (secondary N) is 1. The second-order valence-corrected chi connectivity index (χ2v) is 10.4. The van der Waals surface area contributed by atoms with Crippen molar-refractivity contribution in [3.8, 4) is 11.5 Å². The van der Waals surface area contributed by atoms with Gasteiger partial charge in [0.15, 0.2) is 0 Å². The second-order valence-electron chi connectivity index (χ2n) is 10.4. The number of carbonyl (C=O) groups excluding carboxylic acids is 2. The van der Waals surface area contributed by atoms with Gasteiger partial charge in [0.25, 0.3) is 5.91 Å². The van der Waals surface area contributed by atoms with E-state index in [4.69, 9.17) is 14.2 Å². The third-order valence-corrected chi connectivity index (χ3v) is 6.49. The van der Waals surface area contributed by atoms with Crippen LogP contribution < -0.4 is 14.8 Å². The molecule has 1 atom stereocenters. The van der Waals surface area contributed by atoms with Crippen molar-refractivity contribution in [2.24, 2.45) is 5.92 Å². The molecule has 40 heavy (non-hydrogen) atoms. The molecule has 0 radical (unpaired) electrons. The molecule has 3 rings (SSSR count). The molecule has 0 aliphatic carbocycles. The highest BCUT2D eigenvalue weighted by Crippen LogP contribution is 2.30. The quantitative estimate of drug-likeness (QED) is 0.154. The summed E-state index contributed by atoms with van der Waals surface area (Å²) in [5, 5.41) is 3.00. The fourth-order valence-electron chi connectivity index (χ4n) is 4.51. The molecule has 0 fully saturated rings. The van der Waals surface area contributed by atoms with E-state index in [-0.39, 0.29) is 24.4 Å². The van der Waals surface area contributed by atoms with Crippen molar-refractivity contribution in [1.29, 1.82) is 0 Å². The Kier molecular flexibility index (Phi) is 12.1. The summed E-state index contributed by atoms with van der Waals surface area (Å²) in [5.41, 5.74) is 4.56. The molecule has 0 saturated carbocycles. The average Bonchev–Trinajstić information content (AvgIpc) is 2.93. The minimum Gasteiger partial charge on any atom is -0.493 e. The highest BCUT2D eigenvalue weighted by molar-refractivity contribution is 6.06. The van der Waals surface area contributed by atoms with Gasteiger partial charge in [-0.05, 0) is 86.1 Å². The van der Waals surface area contributed by atoms with E-state index in [1.165, 1.54) is 11.1 Å². The number of amides is 1. The Hall–Kier alpha value is -3.80. The van der Waals surface area contributed by atoms with Crippen LogP contribution in [0.3, 0.4) is 0 Å². The number of ether oxygens (including phenoxy) is 3. The molecule has 3 aromatic carbocycles. The lowest BCUT2D eigenvalue weighted by Crippen LogP contribution is -2.15. The van der Waals surface area contributed by atoms with Crippen LogP contribution in [0.15, 0.2) is 66.7 Å². The number of hydrogen-bond donors (Lipinski definition) is 1. The van der Waals surface area contributed by atoms with E-state index in [0.717, 1.165) is 30.6 Å². The van der Waals surface area contributed by atoms with Gasteiger partial charge in [0.05, 0.1) is 18.8 Å². The normalized spacial score (nSPS) is 11.7. The van der Waals surface area contributed by atoms with E-state index in [0.29, 0.717) is 42.6 Å². The fraction of sp³-hybridized carbons (Fsp3) is 0.412. The number of rotatable bonds is 15. The SMILES string of the molecule is CCCC(Oc1ccc(NC(=O)c2ccccc2OCCCC(=O)OCC)c(C)c1)c1ccc(CC(C)C)cc1. The molecule has 0 bridgehead atoms. The first-order chi connectivity index (χ1) is 19.3. The van der Waals surface area contributed by atoms with E-state index in [9.17, 15) is 9.59 Å². The molecule has 0 spiro atoms. The first kappa shape index (κ1) is 30.7. The van der Waals surface area contributed by atoms with Gasteiger partial charge >= 0.3 is 5.97 Å². The van der Waals surface area contributed by atoms with Gasteiger partial charge in [-0.25, -0.2) is 0 Å². The lowest BCUT2D eigenvalue weighted by molar-refractivity contribution is -0.143. The first-order valence-corrected chi connectivity index (χ1v) is 14.4. The molecule has 3 aromatic rings. The number of para-hydroxylation sites is 1. The Balaban J connectivity index is 1.64. The molecule has 0 heterocycles. The van der Waals surface area contributed by atoms with Crippen molar-refractivity contribution in [2.45, 2.75) is 72.8 Å². The molecular weight excluding hydrogens is 502 g/mol. The van der Waals surface area contributed by atoms with E-state index in [2.05, 4.69) is 50.4 Å². The molecule has 1 amide bonds. The minimum absolute atomic E-state index is 0.0363. The van der Waals surface area contributed by atoms with Crippen LogP contribution in [0.1, 0.15) is 86.5 Å². The Morgan fingerprint density at radius 1 is 0.950 bits per heavy atom. The third kappa shape index (κ3) is 9.44. The van der Waals surface area contributed by atoms with Crippen molar-refractivity contribution >= 4 is 17.6 Å². The summed E-state index contributed by atoms with van der Waals surface area (Å²) >= 11 is 0. The number of carbonyl (C=O) groups is 2. The number of esters is 1.